The second-order valence-electron chi connectivity index (χ2n) is 6.38. The maximum atomic E-state index is 5.19. The van der Waals surface area contributed by atoms with Crippen LogP contribution >= 0.6 is 0 Å². The van der Waals surface area contributed by atoms with E-state index < -0.39 is 0 Å². The zero-order valence-corrected chi connectivity index (χ0v) is 14.8. The van der Waals surface area contributed by atoms with Crippen molar-refractivity contribution in [1.82, 2.24) is 10.2 Å². The van der Waals surface area contributed by atoms with Crippen molar-refractivity contribution in [3.8, 4) is 5.75 Å². The number of likely N-dealkylation sites (tertiary alicyclic amines) is 1. The molecule has 0 bridgehead atoms. The fourth-order valence-corrected chi connectivity index (χ4v) is 3.07. The molecular weight excluding hydrogens is 286 g/mol. The number of piperidine rings is 1. The normalized spacial score (nSPS) is 18.8. The lowest BCUT2D eigenvalue weighted by atomic mass is 10.0. The molecule has 0 aromatic heterocycles. The van der Waals surface area contributed by atoms with E-state index >= 15 is 0 Å². The molecule has 1 aliphatic heterocycles. The highest BCUT2D eigenvalue weighted by Crippen LogP contribution is 2.16. The Morgan fingerprint density at radius 1 is 1.35 bits per heavy atom. The fraction of sp³-hybridized carbons (Fsp3) is 0.632. The Balaban J connectivity index is 1.82. The monoisotopic (exact) mass is 317 g/mol. The van der Waals surface area contributed by atoms with Crippen molar-refractivity contribution in [2.45, 2.75) is 39.5 Å². The van der Waals surface area contributed by atoms with Gasteiger partial charge >= 0.3 is 0 Å². The van der Waals surface area contributed by atoms with Crippen LogP contribution in [0.3, 0.4) is 0 Å². The maximum absolute atomic E-state index is 5.19. The first-order valence-corrected chi connectivity index (χ1v) is 8.89. The highest BCUT2D eigenvalue weighted by molar-refractivity contribution is 5.80. The largest absolute Gasteiger partial charge is 0.497 e. The van der Waals surface area contributed by atoms with Crippen molar-refractivity contribution in [2.75, 3.05) is 33.3 Å². The molecule has 23 heavy (non-hydrogen) atoms. The van der Waals surface area contributed by atoms with Gasteiger partial charge in [0.1, 0.15) is 5.75 Å². The van der Waals surface area contributed by atoms with Crippen LogP contribution in [0.4, 0.5) is 0 Å². The number of nitrogens with zero attached hydrogens (tertiary/aromatic N) is 2. The van der Waals surface area contributed by atoms with Gasteiger partial charge in [0, 0.05) is 26.2 Å². The van der Waals surface area contributed by atoms with E-state index in [9.17, 15) is 0 Å². The van der Waals surface area contributed by atoms with E-state index in [0.717, 1.165) is 56.6 Å². The van der Waals surface area contributed by atoms with Gasteiger partial charge in [0.15, 0.2) is 5.96 Å². The van der Waals surface area contributed by atoms with Crippen LogP contribution in [0, 0.1) is 5.92 Å². The number of aliphatic imine (C=N–C) groups is 1. The predicted molar refractivity (Wildman–Crippen MR) is 97.3 cm³/mol. The first kappa shape index (κ1) is 17.6. The first-order valence-electron chi connectivity index (χ1n) is 8.89. The van der Waals surface area contributed by atoms with E-state index in [1.807, 2.05) is 12.1 Å². The van der Waals surface area contributed by atoms with E-state index in [4.69, 9.17) is 9.73 Å². The molecule has 0 saturated carbocycles. The lowest BCUT2D eigenvalue weighted by molar-refractivity contribution is 0.266. The van der Waals surface area contributed by atoms with Crippen LogP contribution in [0.2, 0.25) is 0 Å². The summed E-state index contributed by atoms with van der Waals surface area (Å²) < 4.78 is 5.19. The molecule has 1 N–H and O–H groups in total. The van der Waals surface area contributed by atoms with E-state index in [2.05, 4.69) is 36.2 Å². The van der Waals surface area contributed by atoms with Gasteiger partial charge in [0.2, 0.25) is 0 Å². The molecule has 0 radical (unpaired) electrons. The highest BCUT2D eigenvalue weighted by Gasteiger charge is 2.18. The summed E-state index contributed by atoms with van der Waals surface area (Å²) >= 11 is 0. The van der Waals surface area contributed by atoms with Gasteiger partial charge in [-0.2, -0.15) is 0 Å². The predicted octanol–water partition coefficient (Wildman–Crippen LogP) is 3.33. The molecule has 1 aromatic carbocycles. The quantitative estimate of drug-likeness (QED) is 0.497. The average molecular weight is 317 g/mol. The summed E-state index contributed by atoms with van der Waals surface area (Å²) in [7, 11) is 1.70. The van der Waals surface area contributed by atoms with Crippen molar-refractivity contribution < 1.29 is 4.74 Å². The number of aryl methyl sites for hydroxylation is 1. The second-order valence-corrected chi connectivity index (χ2v) is 6.38. The van der Waals surface area contributed by atoms with Crippen LogP contribution in [0.1, 0.15) is 38.7 Å². The number of rotatable bonds is 6. The number of hydrogen-bond acceptors (Lipinski definition) is 2. The molecule has 1 fully saturated rings. The minimum Gasteiger partial charge on any atom is -0.497 e. The molecule has 128 valence electrons. The number of nitrogens with one attached hydrogen (secondary N) is 1. The van der Waals surface area contributed by atoms with E-state index in [1.54, 1.807) is 7.11 Å². The summed E-state index contributed by atoms with van der Waals surface area (Å²) in [6.07, 6.45) is 4.75. The Morgan fingerprint density at radius 2 is 2.13 bits per heavy atom. The van der Waals surface area contributed by atoms with Gasteiger partial charge in [-0.05, 0) is 56.2 Å². The topological polar surface area (TPSA) is 36.9 Å². The number of hydrogen-bond donors (Lipinski definition) is 1. The standard InChI is InChI=1S/C19H31N3O/c1-4-20-19(22-14-6-7-16(2)15-22)21-13-5-8-17-9-11-18(23-3)12-10-17/h9-12,16H,4-8,13-15H2,1-3H3,(H,20,21). The molecule has 1 atom stereocenters. The molecule has 1 unspecified atom stereocenters. The zero-order chi connectivity index (χ0) is 16.5. The third-order valence-electron chi connectivity index (χ3n) is 4.34. The minimum atomic E-state index is 0.770. The minimum absolute atomic E-state index is 0.770. The number of benzene rings is 1. The summed E-state index contributed by atoms with van der Waals surface area (Å²) in [6.45, 7) is 8.54. The molecular formula is C19H31N3O. The number of ether oxygens (including phenoxy) is 1. The van der Waals surface area contributed by atoms with Crippen LogP contribution in [-0.4, -0.2) is 44.1 Å². The van der Waals surface area contributed by atoms with Gasteiger partial charge < -0.3 is 15.0 Å². The third-order valence-corrected chi connectivity index (χ3v) is 4.34. The van der Waals surface area contributed by atoms with Gasteiger partial charge in [-0.1, -0.05) is 19.1 Å². The van der Waals surface area contributed by atoms with Crippen LogP contribution in [0.15, 0.2) is 29.3 Å². The van der Waals surface area contributed by atoms with Crippen molar-refractivity contribution in [2.24, 2.45) is 10.9 Å². The summed E-state index contributed by atoms with van der Waals surface area (Å²) in [5.41, 5.74) is 1.34. The van der Waals surface area contributed by atoms with Crippen molar-refractivity contribution >= 4 is 5.96 Å². The van der Waals surface area contributed by atoms with Crippen LogP contribution in [0.5, 0.6) is 5.75 Å². The summed E-state index contributed by atoms with van der Waals surface area (Å²) in [5, 5.41) is 3.45. The van der Waals surface area contributed by atoms with Gasteiger partial charge in [0.05, 0.1) is 7.11 Å². The summed E-state index contributed by atoms with van der Waals surface area (Å²) in [4.78, 5) is 7.25. The summed E-state index contributed by atoms with van der Waals surface area (Å²) in [5.74, 6) is 2.78. The van der Waals surface area contributed by atoms with Gasteiger partial charge in [0.25, 0.3) is 0 Å². The zero-order valence-electron chi connectivity index (χ0n) is 14.8. The smallest absolute Gasteiger partial charge is 0.193 e. The second kappa shape index (κ2) is 9.43. The van der Waals surface area contributed by atoms with Gasteiger partial charge in [-0.25, -0.2) is 0 Å². The molecule has 0 spiro atoms. The van der Waals surface area contributed by atoms with Gasteiger partial charge in [-0.3, -0.25) is 4.99 Å². The Kier molecular flexibility index (Phi) is 7.24. The maximum Gasteiger partial charge on any atom is 0.193 e. The lowest BCUT2D eigenvalue weighted by Gasteiger charge is -2.33. The molecule has 1 saturated heterocycles. The molecule has 0 amide bonds. The Labute approximate surface area is 140 Å². The third kappa shape index (κ3) is 5.77. The van der Waals surface area contributed by atoms with E-state index in [1.165, 1.54) is 18.4 Å². The van der Waals surface area contributed by atoms with Crippen LogP contribution in [0.25, 0.3) is 0 Å². The van der Waals surface area contributed by atoms with Crippen molar-refractivity contribution in [3.63, 3.8) is 0 Å². The van der Waals surface area contributed by atoms with E-state index in [-0.39, 0.29) is 0 Å². The first-order chi connectivity index (χ1) is 11.2. The molecule has 4 nitrogen and oxygen atoms in total. The van der Waals surface area contributed by atoms with Gasteiger partial charge in [-0.15, -0.1) is 0 Å². The van der Waals surface area contributed by atoms with Crippen molar-refractivity contribution in [1.29, 1.82) is 0 Å². The molecule has 1 aliphatic rings. The van der Waals surface area contributed by atoms with Crippen molar-refractivity contribution in [3.05, 3.63) is 29.8 Å². The SMILES string of the molecule is CCNC(=NCCCc1ccc(OC)cc1)N1CCCC(C)C1. The van der Waals surface area contributed by atoms with Crippen LogP contribution in [-0.2, 0) is 6.42 Å². The molecule has 1 aromatic rings. The highest BCUT2D eigenvalue weighted by atomic mass is 16.5. The Morgan fingerprint density at radius 3 is 2.78 bits per heavy atom. The van der Waals surface area contributed by atoms with Crippen LogP contribution < -0.4 is 10.1 Å². The Hall–Kier alpha value is -1.71. The molecule has 0 aliphatic carbocycles. The molecule has 4 heteroatoms. The summed E-state index contributed by atoms with van der Waals surface area (Å²) in [6, 6.07) is 8.33. The van der Waals surface area contributed by atoms with E-state index in [0.29, 0.717) is 0 Å². The molecule has 2 rings (SSSR count). The number of methoxy groups -OCH3 is 1. The Bertz CT molecular complexity index is 484. The number of guanidine groups is 1. The molecule has 1 heterocycles. The lowest BCUT2D eigenvalue weighted by Crippen LogP contribution is -2.46. The fourth-order valence-electron chi connectivity index (χ4n) is 3.07. The average Bonchev–Trinajstić information content (AvgIpc) is 2.58.